The normalized spacial score (nSPS) is 12.2. The third kappa shape index (κ3) is 5.60. The molecule has 0 aliphatic rings. The number of amides is 1. The Bertz CT molecular complexity index is 1010. The predicted octanol–water partition coefficient (Wildman–Crippen LogP) is 3.66. The average Bonchev–Trinajstić information content (AvgIpc) is 2.64. The fourth-order valence-electron chi connectivity index (χ4n) is 3.33. The molecule has 2 rings (SSSR count). The van der Waals surface area contributed by atoms with Crippen LogP contribution in [-0.4, -0.2) is 39.2 Å². The third-order valence-corrected chi connectivity index (χ3v) is 5.65. The van der Waals surface area contributed by atoms with E-state index in [-0.39, 0.29) is 24.3 Å². The molecule has 8 heteroatoms. The minimum Gasteiger partial charge on any atom is -0.462 e. The van der Waals surface area contributed by atoms with Crippen molar-refractivity contribution in [1.82, 2.24) is 0 Å². The molecule has 1 N–H and O–H groups in total. The number of benzene rings is 2. The molecule has 0 spiro atoms. The topological polar surface area (TPSA) is 92.8 Å². The number of sulfonamides is 1. The van der Waals surface area contributed by atoms with E-state index in [2.05, 4.69) is 5.32 Å². The van der Waals surface area contributed by atoms with Crippen molar-refractivity contribution in [2.75, 3.05) is 22.5 Å². The fourth-order valence-corrected chi connectivity index (χ4v) is 4.53. The van der Waals surface area contributed by atoms with Gasteiger partial charge in [-0.05, 0) is 62.6 Å². The summed E-state index contributed by atoms with van der Waals surface area (Å²) in [6.07, 6.45) is 1.32. The van der Waals surface area contributed by atoms with Crippen molar-refractivity contribution in [1.29, 1.82) is 0 Å². The van der Waals surface area contributed by atoms with Crippen molar-refractivity contribution in [2.45, 2.75) is 40.2 Å². The lowest BCUT2D eigenvalue weighted by molar-refractivity contribution is -0.117. The van der Waals surface area contributed by atoms with Crippen LogP contribution in [0, 0.1) is 13.8 Å². The number of nitrogens with one attached hydrogen (secondary N) is 1. The summed E-state index contributed by atoms with van der Waals surface area (Å²) in [6, 6.07) is 10.9. The van der Waals surface area contributed by atoms with Gasteiger partial charge in [0.15, 0.2) is 0 Å². The smallest absolute Gasteiger partial charge is 0.340 e. The first-order valence-corrected chi connectivity index (χ1v) is 11.6. The highest BCUT2D eigenvalue weighted by atomic mass is 32.2. The van der Waals surface area contributed by atoms with Gasteiger partial charge < -0.3 is 10.1 Å². The maximum Gasteiger partial charge on any atom is 0.340 e. The van der Waals surface area contributed by atoms with E-state index in [0.29, 0.717) is 5.69 Å². The van der Waals surface area contributed by atoms with E-state index in [1.165, 1.54) is 0 Å². The first-order valence-electron chi connectivity index (χ1n) is 9.73. The second kappa shape index (κ2) is 9.75. The van der Waals surface area contributed by atoms with E-state index in [1.54, 1.807) is 50.2 Å². The van der Waals surface area contributed by atoms with Gasteiger partial charge in [0.1, 0.15) is 6.04 Å². The first-order chi connectivity index (χ1) is 14.1. The van der Waals surface area contributed by atoms with Gasteiger partial charge in [-0.15, -0.1) is 0 Å². The molecule has 0 saturated heterocycles. The average molecular weight is 433 g/mol. The molecule has 1 amide bonds. The molecule has 1 atom stereocenters. The second-order valence-corrected chi connectivity index (χ2v) is 8.94. The fraction of sp³-hybridized carbons (Fsp3) is 0.364. The molecule has 162 valence electrons. The molecule has 0 aliphatic heterocycles. The Morgan fingerprint density at radius 3 is 2.20 bits per heavy atom. The van der Waals surface area contributed by atoms with Crippen LogP contribution < -0.4 is 9.62 Å². The van der Waals surface area contributed by atoms with Crippen molar-refractivity contribution < 1.29 is 22.7 Å². The largest absolute Gasteiger partial charge is 0.462 e. The van der Waals surface area contributed by atoms with Gasteiger partial charge in [0, 0.05) is 0 Å². The van der Waals surface area contributed by atoms with Gasteiger partial charge in [0.05, 0.1) is 29.8 Å². The molecule has 0 fully saturated rings. The first kappa shape index (κ1) is 23.4. The Balaban J connectivity index is 2.44. The number of carbonyl (C=O) groups excluding carboxylic acids is 2. The molecular formula is C22H28N2O5S. The lowest BCUT2D eigenvalue weighted by atomic mass is 10.1. The maximum absolute atomic E-state index is 13.1. The summed E-state index contributed by atoms with van der Waals surface area (Å²) < 4.78 is 31.5. The Hall–Kier alpha value is -2.87. The molecule has 2 aromatic carbocycles. The van der Waals surface area contributed by atoms with Crippen LogP contribution in [0.4, 0.5) is 11.4 Å². The molecule has 1 unspecified atom stereocenters. The summed E-state index contributed by atoms with van der Waals surface area (Å²) in [5, 5.41) is 2.71. The summed E-state index contributed by atoms with van der Waals surface area (Å²) in [7, 11) is -3.75. The SMILES string of the molecule is CCOC(=O)c1ccccc1NC(=O)C(CC)N(c1cc(C)cc(C)c1)S(C)(=O)=O. The number of aryl methyl sites for hydroxylation is 2. The van der Waals surface area contributed by atoms with Crippen molar-refractivity contribution in [3.8, 4) is 0 Å². The van der Waals surface area contributed by atoms with Crippen molar-refractivity contribution >= 4 is 33.3 Å². The molecule has 0 bridgehead atoms. The monoisotopic (exact) mass is 432 g/mol. The quantitative estimate of drug-likeness (QED) is 0.643. The highest BCUT2D eigenvalue weighted by Crippen LogP contribution is 2.26. The van der Waals surface area contributed by atoms with Crippen LogP contribution in [0.25, 0.3) is 0 Å². The van der Waals surface area contributed by atoms with Crippen molar-refractivity contribution in [2.24, 2.45) is 0 Å². The Kier molecular flexibility index (Phi) is 7.61. The van der Waals surface area contributed by atoms with E-state index in [4.69, 9.17) is 4.74 Å². The zero-order chi connectivity index (χ0) is 22.5. The van der Waals surface area contributed by atoms with E-state index < -0.39 is 27.9 Å². The number of nitrogens with zero attached hydrogens (tertiary/aromatic N) is 1. The summed E-state index contributed by atoms with van der Waals surface area (Å²) in [6.45, 7) is 7.37. The van der Waals surface area contributed by atoms with Crippen LogP contribution in [0.15, 0.2) is 42.5 Å². The molecule has 0 radical (unpaired) electrons. The minimum absolute atomic E-state index is 0.202. The van der Waals surface area contributed by atoms with Crippen LogP contribution in [0.1, 0.15) is 41.8 Å². The summed E-state index contributed by atoms with van der Waals surface area (Å²) in [4.78, 5) is 25.3. The predicted molar refractivity (Wildman–Crippen MR) is 118 cm³/mol. The zero-order valence-electron chi connectivity index (χ0n) is 17.9. The number of hydrogen-bond acceptors (Lipinski definition) is 5. The van der Waals surface area contributed by atoms with Gasteiger partial charge in [-0.2, -0.15) is 0 Å². The molecule has 30 heavy (non-hydrogen) atoms. The molecule has 0 aliphatic carbocycles. The molecule has 0 aromatic heterocycles. The van der Waals surface area contributed by atoms with E-state index in [1.807, 2.05) is 19.9 Å². The number of para-hydroxylation sites is 1. The number of hydrogen-bond donors (Lipinski definition) is 1. The number of carbonyl (C=O) groups is 2. The summed E-state index contributed by atoms with van der Waals surface area (Å²) >= 11 is 0. The van der Waals surface area contributed by atoms with Gasteiger partial charge in [0.2, 0.25) is 15.9 Å². The number of anilines is 2. The van der Waals surface area contributed by atoms with E-state index in [9.17, 15) is 18.0 Å². The van der Waals surface area contributed by atoms with Gasteiger partial charge >= 0.3 is 5.97 Å². The van der Waals surface area contributed by atoms with Crippen LogP contribution in [0.2, 0.25) is 0 Å². The van der Waals surface area contributed by atoms with Crippen LogP contribution >= 0.6 is 0 Å². The molecular weight excluding hydrogens is 404 g/mol. The van der Waals surface area contributed by atoms with Gasteiger partial charge in [-0.3, -0.25) is 9.10 Å². The van der Waals surface area contributed by atoms with Crippen molar-refractivity contribution in [3.63, 3.8) is 0 Å². The standard InChI is InChI=1S/C22H28N2O5S/c1-6-20(24(30(5,27)28)17-13-15(3)12-16(4)14-17)21(25)23-19-11-9-8-10-18(19)22(26)29-7-2/h8-14,20H,6-7H2,1-5H3,(H,23,25). The lowest BCUT2D eigenvalue weighted by Crippen LogP contribution is -2.47. The summed E-state index contributed by atoms with van der Waals surface area (Å²) in [5.41, 5.74) is 2.69. The Morgan fingerprint density at radius 1 is 1.07 bits per heavy atom. The molecule has 0 heterocycles. The van der Waals surface area contributed by atoms with E-state index in [0.717, 1.165) is 21.7 Å². The van der Waals surface area contributed by atoms with Crippen LogP contribution in [0.5, 0.6) is 0 Å². The van der Waals surface area contributed by atoms with Gasteiger partial charge in [-0.25, -0.2) is 13.2 Å². The second-order valence-electron chi connectivity index (χ2n) is 7.08. The molecule has 2 aromatic rings. The molecule has 0 saturated carbocycles. The van der Waals surface area contributed by atoms with E-state index >= 15 is 0 Å². The number of rotatable bonds is 8. The van der Waals surface area contributed by atoms with Gasteiger partial charge in [0.25, 0.3) is 0 Å². The van der Waals surface area contributed by atoms with Crippen LogP contribution in [0.3, 0.4) is 0 Å². The highest BCUT2D eigenvalue weighted by molar-refractivity contribution is 7.92. The summed E-state index contributed by atoms with van der Waals surface area (Å²) in [5.74, 6) is -1.09. The third-order valence-electron chi connectivity index (χ3n) is 4.47. The Morgan fingerprint density at radius 2 is 1.67 bits per heavy atom. The Labute approximate surface area is 178 Å². The minimum atomic E-state index is -3.75. The van der Waals surface area contributed by atoms with Crippen molar-refractivity contribution in [3.05, 3.63) is 59.2 Å². The maximum atomic E-state index is 13.1. The highest BCUT2D eigenvalue weighted by Gasteiger charge is 2.32. The molecule has 7 nitrogen and oxygen atoms in total. The van der Waals surface area contributed by atoms with Crippen LogP contribution in [-0.2, 0) is 19.6 Å². The lowest BCUT2D eigenvalue weighted by Gasteiger charge is -2.30. The zero-order valence-corrected chi connectivity index (χ0v) is 18.7. The van der Waals surface area contributed by atoms with Gasteiger partial charge in [-0.1, -0.05) is 25.1 Å². The number of esters is 1. The number of ether oxygens (including phenoxy) is 1.